The van der Waals surface area contributed by atoms with Gasteiger partial charge in [0.05, 0.1) is 11.1 Å². The number of hydrogen-bond donors (Lipinski definition) is 0. The lowest BCUT2D eigenvalue weighted by atomic mass is 10.1. The zero-order valence-corrected chi connectivity index (χ0v) is 12.8. The molecule has 0 unspecified atom stereocenters. The minimum Gasteiger partial charge on any atom is -0.341 e. The Morgan fingerprint density at radius 2 is 1.95 bits per heavy atom. The number of aromatic nitrogens is 2. The van der Waals surface area contributed by atoms with Crippen molar-refractivity contribution < 1.29 is 4.79 Å². The van der Waals surface area contributed by atoms with Crippen LogP contribution in [0.4, 0.5) is 0 Å². The predicted octanol–water partition coefficient (Wildman–Crippen LogP) is 4.83. The van der Waals surface area contributed by atoms with Crippen molar-refractivity contribution in [2.24, 2.45) is 0 Å². The van der Waals surface area contributed by atoms with Crippen LogP contribution in [-0.4, -0.2) is 15.8 Å². The second kappa shape index (κ2) is 4.82. The number of pyridine rings is 1. The first-order valence-electron chi connectivity index (χ1n) is 7.20. The largest absolute Gasteiger partial charge is 0.341 e. The average Bonchev–Trinajstić information content (AvgIpc) is 2.88. The van der Waals surface area contributed by atoms with Crippen molar-refractivity contribution in [3.8, 4) is 0 Å². The smallest absolute Gasteiger partial charge is 0.153 e. The molecule has 0 aliphatic rings. The van der Waals surface area contributed by atoms with E-state index in [0.717, 1.165) is 34.6 Å². The fourth-order valence-corrected chi connectivity index (χ4v) is 3.40. The summed E-state index contributed by atoms with van der Waals surface area (Å²) in [5.41, 5.74) is 3.57. The van der Waals surface area contributed by atoms with E-state index in [9.17, 15) is 4.79 Å². The van der Waals surface area contributed by atoms with Crippen LogP contribution in [0, 0.1) is 0 Å². The summed E-state index contributed by atoms with van der Waals surface area (Å²) in [6.07, 6.45) is 0.757. The van der Waals surface area contributed by atoms with Gasteiger partial charge >= 0.3 is 0 Å². The highest BCUT2D eigenvalue weighted by molar-refractivity contribution is 6.33. The Morgan fingerprint density at radius 3 is 2.73 bits per heavy atom. The number of aldehydes is 1. The van der Waals surface area contributed by atoms with Crippen LogP contribution in [0.1, 0.15) is 17.3 Å². The molecule has 2 aromatic carbocycles. The van der Waals surface area contributed by atoms with Gasteiger partial charge in [0.15, 0.2) is 6.29 Å². The quantitative estimate of drug-likeness (QED) is 0.393. The van der Waals surface area contributed by atoms with Crippen LogP contribution in [-0.2, 0) is 6.54 Å². The van der Waals surface area contributed by atoms with Crippen LogP contribution in [0.3, 0.4) is 0 Å². The van der Waals surface area contributed by atoms with Crippen molar-refractivity contribution >= 4 is 50.6 Å². The predicted molar refractivity (Wildman–Crippen MR) is 90.8 cm³/mol. The lowest BCUT2D eigenvalue weighted by Crippen LogP contribution is -1.93. The lowest BCUT2D eigenvalue weighted by Gasteiger charge is -2.05. The van der Waals surface area contributed by atoms with Gasteiger partial charge in [-0.3, -0.25) is 4.79 Å². The molecule has 4 heteroatoms. The number of carbonyl (C=O) groups excluding carboxylic acids is 1. The number of halogens is 1. The summed E-state index contributed by atoms with van der Waals surface area (Å²) in [5.74, 6) is 0. The third kappa shape index (κ3) is 1.69. The molecule has 3 nitrogen and oxygen atoms in total. The SMILES string of the molecule is CCn1c2ccccc2c2c3cc(C=O)c(Cl)nc3ccc21. The molecule has 0 saturated heterocycles. The highest BCUT2D eigenvalue weighted by Gasteiger charge is 2.14. The first-order chi connectivity index (χ1) is 10.7. The molecule has 4 rings (SSSR count). The molecular formula is C18H13ClN2O. The Kier molecular flexibility index (Phi) is 2.91. The Balaban J connectivity index is 2.31. The van der Waals surface area contributed by atoms with Gasteiger partial charge in [0.1, 0.15) is 5.15 Å². The van der Waals surface area contributed by atoms with E-state index < -0.39 is 0 Å². The highest BCUT2D eigenvalue weighted by atomic mass is 35.5. The molecule has 0 fully saturated rings. The fraction of sp³-hybridized carbons (Fsp3) is 0.111. The minimum atomic E-state index is 0.251. The molecule has 4 aromatic rings. The van der Waals surface area contributed by atoms with E-state index >= 15 is 0 Å². The molecule has 0 radical (unpaired) electrons. The maximum atomic E-state index is 11.2. The summed E-state index contributed by atoms with van der Waals surface area (Å²) in [5, 5.41) is 3.52. The molecule has 108 valence electrons. The van der Waals surface area contributed by atoms with E-state index in [-0.39, 0.29) is 5.15 Å². The average molecular weight is 309 g/mol. The number of rotatable bonds is 2. The molecule has 2 heterocycles. The summed E-state index contributed by atoms with van der Waals surface area (Å²) in [7, 11) is 0. The van der Waals surface area contributed by atoms with Crippen LogP contribution in [0.15, 0.2) is 42.5 Å². The highest BCUT2D eigenvalue weighted by Crippen LogP contribution is 2.35. The Morgan fingerprint density at radius 1 is 1.14 bits per heavy atom. The summed E-state index contributed by atoms with van der Waals surface area (Å²) >= 11 is 6.06. The molecular weight excluding hydrogens is 296 g/mol. The summed E-state index contributed by atoms with van der Waals surface area (Å²) in [6.45, 7) is 3.02. The van der Waals surface area contributed by atoms with Gasteiger partial charge < -0.3 is 4.57 Å². The molecule has 0 bridgehead atoms. The number of benzene rings is 2. The van der Waals surface area contributed by atoms with E-state index in [1.165, 1.54) is 10.9 Å². The number of nitrogens with zero attached hydrogens (tertiary/aromatic N) is 2. The van der Waals surface area contributed by atoms with Gasteiger partial charge in [0.25, 0.3) is 0 Å². The Hall–Kier alpha value is -2.39. The molecule has 0 N–H and O–H groups in total. The zero-order chi connectivity index (χ0) is 15.3. The van der Waals surface area contributed by atoms with Crippen molar-refractivity contribution in [3.05, 3.63) is 53.2 Å². The summed E-state index contributed by atoms with van der Waals surface area (Å²) in [4.78, 5) is 15.6. The maximum absolute atomic E-state index is 11.2. The van der Waals surface area contributed by atoms with Crippen LogP contribution < -0.4 is 0 Å². The van der Waals surface area contributed by atoms with Crippen LogP contribution in [0.25, 0.3) is 32.7 Å². The van der Waals surface area contributed by atoms with Gasteiger partial charge in [0, 0.05) is 33.7 Å². The number of hydrogen-bond acceptors (Lipinski definition) is 2. The van der Waals surface area contributed by atoms with Gasteiger partial charge in [0.2, 0.25) is 0 Å². The standard InChI is InChI=1S/C18H13ClN2O/c1-2-21-15-6-4-3-5-12(15)17-13-9-11(10-22)18(19)20-14(13)7-8-16(17)21/h3-10H,2H2,1H3. The molecule has 0 aliphatic heterocycles. The van der Waals surface area contributed by atoms with Gasteiger partial charge in [-0.05, 0) is 31.2 Å². The van der Waals surface area contributed by atoms with Crippen molar-refractivity contribution in [2.45, 2.75) is 13.5 Å². The molecule has 22 heavy (non-hydrogen) atoms. The Bertz CT molecular complexity index is 1050. The second-order valence-electron chi connectivity index (χ2n) is 5.27. The van der Waals surface area contributed by atoms with Crippen molar-refractivity contribution in [1.29, 1.82) is 0 Å². The topological polar surface area (TPSA) is 34.9 Å². The molecule has 0 atom stereocenters. The van der Waals surface area contributed by atoms with Crippen molar-refractivity contribution in [1.82, 2.24) is 9.55 Å². The monoisotopic (exact) mass is 308 g/mol. The van der Waals surface area contributed by atoms with Gasteiger partial charge in [-0.15, -0.1) is 0 Å². The van der Waals surface area contributed by atoms with Gasteiger partial charge in [-0.25, -0.2) is 4.98 Å². The number of para-hydroxylation sites is 1. The summed E-state index contributed by atoms with van der Waals surface area (Å²) < 4.78 is 2.28. The maximum Gasteiger partial charge on any atom is 0.153 e. The minimum absolute atomic E-state index is 0.251. The fourth-order valence-electron chi connectivity index (χ4n) is 3.21. The normalized spacial score (nSPS) is 11.5. The van der Waals surface area contributed by atoms with Gasteiger partial charge in [-0.2, -0.15) is 0 Å². The van der Waals surface area contributed by atoms with E-state index in [1.807, 2.05) is 24.3 Å². The molecule has 0 spiro atoms. The van der Waals surface area contributed by atoms with Crippen LogP contribution >= 0.6 is 11.6 Å². The van der Waals surface area contributed by atoms with E-state index in [0.29, 0.717) is 5.56 Å². The zero-order valence-electron chi connectivity index (χ0n) is 12.0. The third-order valence-electron chi connectivity index (χ3n) is 4.16. The first kappa shape index (κ1) is 13.3. The van der Waals surface area contributed by atoms with Crippen LogP contribution in [0.5, 0.6) is 0 Å². The molecule has 0 amide bonds. The molecule has 2 aromatic heterocycles. The molecule has 0 saturated carbocycles. The van der Waals surface area contributed by atoms with Crippen molar-refractivity contribution in [2.75, 3.05) is 0 Å². The second-order valence-corrected chi connectivity index (χ2v) is 5.63. The molecule has 0 aliphatic carbocycles. The first-order valence-corrected chi connectivity index (χ1v) is 7.57. The Labute approximate surface area is 132 Å². The van der Waals surface area contributed by atoms with Crippen LogP contribution in [0.2, 0.25) is 5.15 Å². The summed E-state index contributed by atoms with van der Waals surface area (Å²) in [6, 6.07) is 14.2. The number of carbonyl (C=O) groups is 1. The van der Waals surface area contributed by atoms with E-state index in [4.69, 9.17) is 11.6 Å². The van der Waals surface area contributed by atoms with E-state index in [1.54, 1.807) is 0 Å². The number of fused-ring (bicyclic) bond motifs is 5. The van der Waals surface area contributed by atoms with Gasteiger partial charge in [-0.1, -0.05) is 29.8 Å². The third-order valence-corrected chi connectivity index (χ3v) is 4.46. The number of aryl methyl sites for hydroxylation is 1. The lowest BCUT2D eigenvalue weighted by molar-refractivity contribution is 0.112. The van der Waals surface area contributed by atoms with E-state index in [2.05, 4.69) is 34.7 Å². The van der Waals surface area contributed by atoms with Crippen molar-refractivity contribution in [3.63, 3.8) is 0 Å².